The molecule has 2 aromatic rings. The standard InChI is InChI=1S/C20H27N3O/c1-14(2)20(24)23-11-9-18(15(3)13-23)22-12-17-7-4-6-16-8-5-10-21-19(16)17/h4-8,10,14-15,18,22H,9,11-13H2,1-3H3/t15-,18-/m1/s1. The molecular weight excluding hydrogens is 298 g/mol. The summed E-state index contributed by atoms with van der Waals surface area (Å²) in [6, 6.07) is 10.9. The van der Waals surface area contributed by atoms with Crippen molar-refractivity contribution in [1.82, 2.24) is 15.2 Å². The number of nitrogens with one attached hydrogen (secondary N) is 1. The van der Waals surface area contributed by atoms with Gasteiger partial charge in [0.25, 0.3) is 0 Å². The zero-order valence-corrected chi connectivity index (χ0v) is 14.8. The quantitative estimate of drug-likeness (QED) is 0.939. The Morgan fingerprint density at radius 3 is 2.88 bits per heavy atom. The Balaban J connectivity index is 1.62. The molecule has 1 aromatic carbocycles. The Kier molecular flexibility index (Phi) is 5.14. The molecule has 1 aliphatic heterocycles. The summed E-state index contributed by atoms with van der Waals surface area (Å²) in [6.07, 6.45) is 2.86. The average Bonchev–Trinajstić information content (AvgIpc) is 2.60. The van der Waals surface area contributed by atoms with E-state index in [0.717, 1.165) is 31.6 Å². The van der Waals surface area contributed by atoms with Crippen LogP contribution in [-0.4, -0.2) is 34.9 Å². The monoisotopic (exact) mass is 325 g/mol. The normalized spacial score (nSPS) is 21.4. The first-order valence-corrected chi connectivity index (χ1v) is 8.91. The SMILES string of the molecule is CC(C)C(=O)N1CC[C@@H](NCc2cccc3cccnc23)[C@H](C)C1. The van der Waals surface area contributed by atoms with Crippen LogP contribution < -0.4 is 5.32 Å². The highest BCUT2D eigenvalue weighted by Crippen LogP contribution is 2.21. The second kappa shape index (κ2) is 7.31. The van der Waals surface area contributed by atoms with Gasteiger partial charge < -0.3 is 10.2 Å². The zero-order chi connectivity index (χ0) is 17.1. The van der Waals surface area contributed by atoms with Gasteiger partial charge in [-0.1, -0.05) is 45.0 Å². The summed E-state index contributed by atoms with van der Waals surface area (Å²) >= 11 is 0. The number of nitrogens with zero attached hydrogens (tertiary/aromatic N) is 2. The summed E-state index contributed by atoms with van der Waals surface area (Å²) in [5, 5.41) is 4.87. The Labute approximate surface area is 144 Å². The molecule has 3 rings (SSSR count). The number of fused-ring (bicyclic) bond motifs is 1. The second-order valence-corrected chi connectivity index (χ2v) is 7.18. The maximum absolute atomic E-state index is 12.2. The molecule has 1 aliphatic rings. The minimum Gasteiger partial charge on any atom is -0.342 e. The molecule has 2 heterocycles. The molecule has 0 spiro atoms. The average molecular weight is 325 g/mol. The number of hydrogen-bond acceptors (Lipinski definition) is 3. The van der Waals surface area contributed by atoms with E-state index < -0.39 is 0 Å². The Morgan fingerprint density at radius 1 is 1.33 bits per heavy atom. The maximum atomic E-state index is 12.2. The number of benzene rings is 1. The van der Waals surface area contributed by atoms with E-state index in [-0.39, 0.29) is 11.8 Å². The number of pyridine rings is 1. The number of likely N-dealkylation sites (tertiary alicyclic amines) is 1. The van der Waals surface area contributed by atoms with E-state index in [2.05, 4.69) is 41.5 Å². The van der Waals surface area contributed by atoms with Crippen molar-refractivity contribution in [3.8, 4) is 0 Å². The van der Waals surface area contributed by atoms with E-state index in [1.165, 1.54) is 10.9 Å². The van der Waals surface area contributed by atoms with Crippen molar-refractivity contribution in [3.63, 3.8) is 0 Å². The number of piperidine rings is 1. The summed E-state index contributed by atoms with van der Waals surface area (Å²) in [5.74, 6) is 0.825. The molecule has 0 bridgehead atoms. The largest absolute Gasteiger partial charge is 0.342 e. The van der Waals surface area contributed by atoms with Crippen molar-refractivity contribution in [2.24, 2.45) is 11.8 Å². The Bertz CT molecular complexity index is 708. The smallest absolute Gasteiger partial charge is 0.225 e. The van der Waals surface area contributed by atoms with Crippen LogP contribution in [0.2, 0.25) is 0 Å². The van der Waals surface area contributed by atoms with Gasteiger partial charge in [-0.05, 0) is 24.0 Å². The van der Waals surface area contributed by atoms with Crippen LogP contribution in [0.5, 0.6) is 0 Å². The van der Waals surface area contributed by atoms with Crippen molar-refractivity contribution in [2.75, 3.05) is 13.1 Å². The highest BCUT2D eigenvalue weighted by atomic mass is 16.2. The van der Waals surface area contributed by atoms with Crippen molar-refractivity contribution >= 4 is 16.8 Å². The number of carbonyl (C=O) groups is 1. The third kappa shape index (κ3) is 3.59. The van der Waals surface area contributed by atoms with Crippen molar-refractivity contribution in [3.05, 3.63) is 42.1 Å². The molecule has 1 N–H and O–H groups in total. The fourth-order valence-corrected chi connectivity index (χ4v) is 3.57. The first-order valence-electron chi connectivity index (χ1n) is 8.91. The Morgan fingerprint density at radius 2 is 2.12 bits per heavy atom. The van der Waals surface area contributed by atoms with E-state index >= 15 is 0 Å². The third-order valence-electron chi connectivity index (χ3n) is 4.98. The molecule has 1 amide bonds. The lowest BCUT2D eigenvalue weighted by Gasteiger charge is -2.38. The van der Waals surface area contributed by atoms with Crippen LogP contribution in [0, 0.1) is 11.8 Å². The van der Waals surface area contributed by atoms with Gasteiger partial charge >= 0.3 is 0 Å². The van der Waals surface area contributed by atoms with Crippen LogP contribution >= 0.6 is 0 Å². The lowest BCUT2D eigenvalue weighted by atomic mass is 9.92. The maximum Gasteiger partial charge on any atom is 0.225 e. The molecule has 0 unspecified atom stereocenters. The summed E-state index contributed by atoms with van der Waals surface area (Å²) in [5.41, 5.74) is 2.31. The lowest BCUT2D eigenvalue weighted by Crippen LogP contribution is -2.50. The molecule has 128 valence electrons. The van der Waals surface area contributed by atoms with Gasteiger partial charge in [0, 0.05) is 43.2 Å². The van der Waals surface area contributed by atoms with E-state index in [1.54, 1.807) is 0 Å². The molecule has 0 radical (unpaired) electrons. The van der Waals surface area contributed by atoms with Crippen molar-refractivity contribution in [2.45, 2.75) is 39.8 Å². The van der Waals surface area contributed by atoms with Crippen LogP contribution in [-0.2, 0) is 11.3 Å². The van der Waals surface area contributed by atoms with Gasteiger partial charge in [0.1, 0.15) is 0 Å². The zero-order valence-electron chi connectivity index (χ0n) is 14.8. The predicted octanol–water partition coefficient (Wildman–Crippen LogP) is 3.22. The topological polar surface area (TPSA) is 45.2 Å². The highest BCUT2D eigenvalue weighted by molar-refractivity contribution is 5.81. The molecule has 0 saturated carbocycles. The predicted molar refractivity (Wildman–Crippen MR) is 97.6 cm³/mol. The fraction of sp³-hybridized carbons (Fsp3) is 0.500. The molecular formula is C20H27N3O. The minimum atomic E-state index is 0.0865. The Hall–Kier alpha value is -1.94. The second-order valence-electron chi connectivity index (χ2n) is 7.18. The minimum absolute atomic E-state index is 0.0865. The van der Waals surface area contributed by atoms with Gasteiger partial charge in [0.05, 0.1) is 5.52 Å². The van der Waals surface area contributed by atoms with Gasteiger partial charge in [-0.3, -0.25) is 9.78 Å². The van der Waals surface area contributed by atoms with E-state index in [4.69, 9.17) is 0 Å². The number of aromatic nitrogens is 1. The summed E-state index contributed by atoms with van der Waals surface area (Å²) in [7, 11) is 0. The van der Waals surface area contributed by atoms with E-state index in [0.29, 0.717) is 12.0 Å². The van der Waals surface area contributed by atoms with Crippen LogP contribution in [0.4, 0.5) is 0 Å². The first-order chi connectivity index (χ1) is 11.6. The molecule has 2 atom stereocenters. The van der Waals surface area contributed by atoms with Gasteiger partial charge in [-0.2, -0.15) is 0 Å². The number of rotatable bonds is 4. The molecule has 1 aromatic heterocycles. The van der Waals surface area contributed by atoms with E-state index in [9.17, 15) is 4.79 Å². The van der Waals surface area contributed by atoms with Crippen molar-refractivity contribution < 1.29 is 4.79 Å². The third-order valence-corrected chi connectivity index (χ3v) is 4.98. The molecule has 4 nitrogen and oxygen atoms in total. The van der Waals surface area contributed by atoms with E-state index in [1.807, 2.05) is 31.0 Å². The van der Waals surface area contributed by atoms with Crippen LogP contribution in [0.1, 0.15) is 32.8 Å². The fourth-order valence-electron chi connectivity index (χ4n) is 3.57. The number of amides is 1. The van der Waals surface area contributed by atoms with Gasteiger partial charge in [0.2, 0.25) is 5.91 Å². The van der Waals surface area contributed by atoms with Crippen LogP contribution in [0.25, 0.3) is 10.9 Å². The van der Waals surface area contributed by atoms with Crippen LogP contribution in [0.15, 0.2) is 36.5 Å². The summed E-state index contributed by atoms with van der Waals surface area (Å²) in [6.45, 7) is 8.71. The molecule has 1 fully saturated rings. The highest BCUT2D eigenvalue weighted by Gasteiger charge is 2.29. The number of para-hydroxylation sites is 1. The lowest BCUT2D eigenvalue weighted by molar-refractivity contribution is -0.136. The summed E-state index contributed by atoms with van der Waals surface area (Å²) in [4.78, 5) is 18.7. The number of hydrogen-bond donors (Lipinski definition) is 1. The van der Waals surface area contributed by atoms with Gasteiger partial charge in [-0.25, -0.2) is 0 Å². The van der Waals surface area contributed by atoms with Gasteiger partial charge in [0.15, 0.2) is 0 Å². The molecule has 1 saturated heterocycles. The number of carbonyl (C=O) groups excluding carboxylic acids is 1. The molecule has 4 heteroatoms. The van der Waals surface area contributed by atoms with Crippen LogP contribution in [0.3, 0.4) is 0 Å². The molecule has 0 aliphatic carbocycles. The molecule has 24 heavy (non-hydrogen) atoms. The van der Waals surface area contributed by atoms with Gasteiger partial charge in [-0.15, -0.1) is 0 Å². The van der Waals surface area contributed by atoms with Crippen molar-refractivity contribution in [1.29, 1.82) is 0 Å². The summed E-state index contributed by atoms with van der Waals surface area (Å²) < 4.78 is 0. The first kappa shape index (κ1) is 16.9.